The Balaban J connectivity index is 1.32. The zero-order chi connectivity index (χ0) is 26.6. The van der Waals surface area contributed by atoms with Crippen LogP contribution in [0.3, 0.4) is 0 Å². The number of fused-ring (bicyclic) bond motifs is 1. The highest BCUT2D eigenvalue weighted by molar-refractivity contribution is 6.32. The molecule has 1 fully saturated rings. The summed E-state index contributed by atoms with van der Waals surface area (Å²) in [5.41, 5.74) is 0.584. The number of methoxy groups -OCH3 is 1. The van der Waals surface area contributed by atoms with E-state index in [1.54, 1.807) is 18.2 Å². The van der Waals surface area contributed by atoms with E-state index in [1.165, 1.54) is 13.3 Å². The van der Waals surface area contributed by atoms with Gasteiger partial charge < -0.3 is 14.6 Å². The molecule has 1 N–H and O–H groups in total. The van der Waals surface area contributed by atoms with Crippen molar-refractivity contribution in [1.29, 1.82) is 0 Å². The van der Waals surface area contributed by atoms with Crippen molar-refractivity contribution in [2.24, 2.45) is 5.41 Å². The third kappa shape index (κ3) is 6.27. The first kappa shape index (κ1) is 27.4. The van der Waals surface area contributed by atoms with E-state index in [9.17, 15) is 18.3 Å². The summed E-state index contributed by atoms with van der Waals surface area (Å²) in [4.78, 5) is 6.39. The predicted molar refractivity (Wildman–Crippen MR) is 133 cm³/mol. The molecule has 1 unspecified atom stereocenters. The maximum atomic E-state index is 15.6. The van der Waals surface area contributed by atoms with Crippen LogP contribution in [0.1, 0.15) is 37.4 Å². The second kappa shape index (κ2) is 11.8. The van der Waals surface area contributed by atoms with Gasteiger partial charge in [-0.25, -0.2) is 17.6 Å². The molecule has 1 aliphatic heterocycles. The number of aliphatic hydroxyl groups excluding tert-OH is 1. The maximum Gasteiger partial charge on any atom is 0.194 e. The molecule has 0 saturated carbocycles. The SMILES string of the molecule is COc1ccc2ncc(Cl)c(C(F)CCC3(CO)CCN(CCOc4cc(F)c(F)c(F)c4)CC3)c2c1. The summed E-state index contributed by atoms with van der Waals surface area (Å²) in [5, 5.41) is 11.0. The van der Waals surface area contributed by atoms with Crippen LogP contribution in [0.15, 0.2) is 36.5 Å². The molecule has 5 nitrogen and oxygen atoms in total. The highest BCUT2D eigenvalue weighted by Crippen LogP contribution is 2.41. The third-order valence-corrected chi connectivity index (χ3v) is 7.50. The molecule has 37 heavy (non-hydrogen) atoms. The number of halogens is 5. The van der Waals surface area contributed by atoms with E-state index in [-0.39, 0.29) is 30.4 Å². The lowest BCUT2D eigenvalue weighted by Gasteiger charge is -2.41. The highest BCUT2D eigenvalue weighted by Gasteiger charge is 2.35. The standard InChI is InChI=1S/C27H29ClF4N2O3/c1-36-17-2-3-24-19(12-17)25(20(28)15-33-24)21(29)4-5-27(16-35)6-8-34(9-7-27)10-11-37-18-13-22(30)26(32)23(31)14-18/h2-3,12-15,21,35H,4-11,16H2,1H3. The number of rotatable bonds is 10. The van der Waals surface area contributed by atoms with Crippen LogP contribution < -0.4 is 9.47 Å². The van der Waals surface area contributed by atoms with E-state index >= 15 is 4.39 Å². The largest absolute Gasteiger partial charge is 0.497 e. The Morgan fingerprint density at radius 1 is 1.11 bits per heavy atom. The minimum Gasteiger partial charge on any atom is -0.497 e. The molecule has 4 rings (SSSR count). The second-order valence-corrected chi connectivity index (χ2v) is 9.87. The molecule has 0 radical (unpaired) electrons. The van der Waals surface area contributed by atoms with Gasteiger partial charge in [0.15, 0.2) is 17.5 Å². The monoisotopic (exact) mass is 540 g/mol. The minimum atomic E-state index is -1.53. The second-order valence-electron chi connectivity index (χ2n) is 9.46. The topological polar surface area (TPSA) is 54.8 Å². The first-order chi connectivity index (χ1) is 17.7. The van der Waals surface area contributed by atoms with Crippen LogP contribution in [0.25, 0.3) is 10.9 Å². The van der Waals surface area contributed by atoms with Gasteiger partial charge in [0.05, 0.1) is 17.6 Å². The Morgan fingerprint density at radius 2 is 1.81 bits per heavy atom. The number of hydrogen-bond donors (Lipinski definition) is 1. The van der Waals surface area contributed by atoms with Gasteiger partial charge in [0, 0.05) is 42.4 Å². The zero-order valence-corrected chi connectivity index (χ0v) is 21.2. The number of nitrogens with zero attached hydrogens (tertiary/aromatic N) is 2. The lowest BCUT2D eigenvalue weighted by Crippen LogP contribution is -2.43. The van der Waals surface area contributed by atoms with Crippen LogP contribution >= 0.6 is 11.6 Å². The molecule has 2 aromatic carbocycles. The fourth-order valence-corrected chi connectivity index (χ4v) is 5.11. The number of aromatic nitrogens is 1. The number of ether oxygens (including phenoxy) is 2. The molecule has 1 atom stereocenters. The van der Waals surface area contributed by atoms with Gasteiger partial charge in [-0.2, -0.15) is 0 Å². The molecule has 0 bridgehead atoms. The average Bonchev–Trinajstić information content (AvgIpc) is 2.90. The zero-order valence-electron chi connectivity index (χ0n) is 20.5. The van der Waals surface area contributed by atoms with Crippen molar-refractivity contribution in [2.75, 3.05) is 40.0 Å². The maximum absolute atomic E-state index is 15.6. The molecule has 1 saturated heterocycles. The Kier molecular flexibility index (Phi) is 8.77. The Morgan fingerprint density at radius 3 is 2.46 bits per heavy atom. The van der Waals surface area contributed by atoms with Gasteiger partial charge in [0.1, 0.15) is 24.3 Å². The summed E-state index contributed by atoms with van der Waals surface area (Å²) >= 11 is 6.35. The lowest BCUT2D eigenvalue weighted by molar-refractivity contribution is 0.0266. The fourth-order valence-electron chi connectivity index (χ4n) is 4.84. The molecule has 0 amide bonds. The van der Waals surface area contributed by atoms with Crippen LogP contribution in [0.4, 0.5) is 17.6 Å². The Hall–Kier alpha value is -2.62. The van der Waals surface area contributed by atoms with Crippen LogP contribution in [0.2, 0.25) is 5.02 Å². The summed E-state index contributed by atoms with van der Waals surface area (Å²) < 4.78 is 66.0. The van der Waals surface area contributed by atoms with Crippen LogP contribution in [0, 0.1) is 22.9 Å². The summed E-state index contributed by atoms with van der Waals surface area (Å²) in [6.45, 7) is 1.91. The number of aliphatic hydroxyl groups is 1. The molecule has 1 aliphatic rings. The molecule has 2 heterocycles. The highest BCUT2D eigenvalue weighted by atomic mass is 35.5. The molecule has 3 aromatic rings. The van der Waals surface area contributed by atoms with E-state index in [4.69, 9.17) is 21.1 Å². The van der Waals surface area contributed by atoms with Gasteiger partial charge in [-0.1, -0.05) is 11.6 Å². The Bertz CT molecular complexity index is 1210. The van der Waals surface area contributed by atoms with Gasteiger partial charge in [0.2, 0.25) is 0 Å². The number of alkyl halides is 1. The van der Waals surface area contributed by atoms with Crippen LogP contribution in [0.5, 0.6) is 11.5 Å². The molecule has 0 spiro atoms. The van der Waals surface area contributed by atoms with Gasteiger partial charge in [0.25, 0.3) is 0 Å². The van der Waals surface area contributed by atoms with Crippen molar-refractivity contribution < 1.29 is 32.1 Å². The minimum absolute atomic E-state index is 0.0587. The quantitative estimate of drug-likeness (QED) is 0.243. The van der Waals surface area contributed by atoms with Gasteiger partial charge in [-0.05, 0) is 62.4 Å². The number of hydrogen-bond acceptors (Lipinski definition) is 5. The van der Waals surface area contributed by atoms with Crippen LogP contribution in [-0.2, 0) is 0 Å². The van der Waals surface area contributed by atoms with Crippen molar-refractivity contribution in [3.63, 3.8) is 0 Å². The van der Waals surface area contributed by atoms with E-state index in [1.807, 2.05) is 0 Å². The molecule has 0 aliphatic carbocycles. The smallest absolute Gasteiger partial charge is 0.194 e. The van der Waals surface area contributed by atoms with Crippen molar-refractivity contribution in [2.45, 2.75) is 31.9 Å². The first-order valence-electron chi connectivity index (χ1n) is 12.1. The van der Waals surface area contributed by atoms with Crippen LogP contribution in [-0.4, -0.2) is 54.9 Å². The fraction of sp³-hybridized carbons (Fsp3) is 0.444. The van der Waals surface area contributed by atoms with Gasteiger partial charge in [-0.3, -0.25) is 9.88 Å². The van der Waals surface area contributed by atoms with Gasteiger partial charge in [-0.15, -0.1) is 0 Å². The van der Waals surface area contributed by atoms with E-state index in [0.717, 1.165) is 12.1 Å². The summed E-state index contributed by atoms with van der Waals surface area (Å²) in [6, 6.07) is 6.88. The molecule has 10 heteroatoms. The van der Waals surface area contributed by atoms with Crippen molar-refractivity contribution >= 4 is 22.5 Å². The normalized spacial score (nSPS) is 16.6. The number of benzene rings is 2. The first-order valence-corrected chi connectivity index (χ1v) is 12.5. The lowest BCUT2D eigenvalue weighted by atomic mass is 9.74. The summed E-state index contributed by atoms with van der Waals surface area (Å²) in [5.74, 6) is -3.62. The van der Waals surface area contributed by atoms with Gasteiger partial charge >= 0.3 is 0 Å². The van der Waals surface area contributed by atoms with Crippen molar-refractivity contribution in [3.8, 4) is 11.5 Å². The van der Waals surface area contributed by atoms with Crippen molar-refractivity contribution in [1.82, 2.24) is 9.88 Å². The van der Waals surface area contributed by atoms with E-state index in [0.29, 0.717) is 61.1 Å². The summed E-state index contributed by atoms with van der Waals surface area (Å²) in [7, 11) is 1.54. The molecular weight excluding hydrogens is 512 g/mol. The van der Waals surface area contributed by atoms with E-state index < -0.39 is 29.0 Å². The number of likely N-dealkylation sites (tertiary alicyclic amines) is 1. The number of piperidine rings is 1. The number of pyridine rings is 1. The van der Waals surface area contributed by atoms with Crippen molar-refractivity contribution in [3.05, 3.63) is 64.6 Å². The third-order valence-electron chi connectivity index (χ3n) is 7.20. The average molecular weight is 541 g/mol. The van der Waals surface area contributed by atoms with E-state index in [2.05, 4.69) is 9.88 Å². The molecule has 1 aromatic heterocycles. The summed E-state index contributed by atoms with van der Waals surface area (Å²) in [6.07, 6.45) is 2.12. The Labute approximate surface area is 218 Å². The molecule has 200 valence electrons. The molecular formula is C27H29ClF4N2O3. The predicted octanol–water partition coefficient (Wildman–Crippen LogP) is 6.26.